The molecule has 9 heteroatoms. The maximum absolute atomic E-state index is 13.3. The second kappa shape index (κ2) is 7.28. The van der Waals surface area contributed by atoms with E-state index < -0.39 is 0 Å². The van der Waals surface area contributed by atoms with Crippen molar-refractivity contribution < 1.29 is 0 Å². The molecule has 0 amide bonds. The molecular weight excluding hydrogens is 434 g/mol. The summed E-state index contributed by atoms with van der Waals surface area (Å²) in [4.78, 5) is 25.5. The number of benzene rings is 3. The number of nitrogens with two attached hydrogens (primary N) is 2. The van der Waals surface area contributed by atoms with E-state index in [9.17, 15) is 4.79 Å². The summed E-state index contributed by atoms with van der Waals surface area (Å²) in [7, 11) is 0. The minimum atomic E-state index is -0.316. The fourth-order valence-corrected chi connectivity index (χ4v) is 4.72. The van der Waals surface area contributed by atoms with E-state index in [1.165, 1.54) is 11.3 Å². The van der Waals surface area contributed by atoms with Crippen LogP contribution in [0.25, 0.3) is 54.9 Å². The van der Waals surface area contributed by atoms with Crippen molar-refractivity contribution in [3.05, 3.63) is 76.7 Å². The molecule has 0 spiro atoms. The molecule has 6 N–H and O–H groups in total. The molecule has 3 aromatic carbocycles. The van der Waals surface area contributed by atoms with Crippen LogP contribution in [-0.4, -0.2) is 25.1 Å². The average Bonchev–Trinajstić information content (AvgIpc) is 3.52. The molecule has 0 aliphatic carbocycles. The molecule has 0 atom stereocenters. The zero-order chi connectivity index (χ0) is 22.5. The van der Waals surface area contributed by atoms with Crippen LogP contribution in [0.4, 0.5) is 11.4 Å². The summed E-state index contributed by atoms with van der Waals surface area (Å²) >= 11 is 1.48. The monoisotopic (exact) mass is 451 g/mol. The summed E-state index contributed by atoms with van der Waals surface area (Å²) in [5, 5.41) is 11.0. The molecule has 3 aromatic heterocycles. The number of nitrogens with one attached hydrogen (secondary N) is 2. The number of hydrogen-bond acceptors (Lipinski definition) is 7. The Bertz CT molecular complexity index is 1700. The topological polar surface area (TPSA) is 139 Å². The lowest BCUT2D eigenvalue weighted by molar-refractivity contribution is 1.12. The molecule has 8 nitrogen and oxygen atoms in total. The van der Waals surface area contributed by atoms with Crippen LogP contribution >= 0.6 is 11.3 Å². The summed E-state index contributed by atoms with van der Waals surface area (Å²) in [6.07, 6.45) is 3.48. The number of aromatic nitrogens is 5. The number of rotatable bonds is 3. The van der Waals surface area contributed by atoms with Crippen LogP contribution in [0.2, 0.25) is 0 Å². The van der Waals surface area contributed by atoms with E-state index in [1.807, 2.05) is 41.8 Å². The van der Waals surface area contributed by atoms with Gasteiger partial charge in [0.1, 0.15) is 10.8 Å². The number of nitrogens with zero attached hydrogens (tertiary/aromatic N) is 3. The third-order valence-corrected chi connectivity index (χ3v) is 6.45. The Kier molecular flexibility index (Phi) is 4.24. The average molecular weight is 452 g/mol. The molecule has 160 valence electrons. The molecule has 6 rings (SSSR count). The van der Waals surface area contributed by atoms with Gasteiger partial charge in [-0.2, -0.15) is 5.10 Å². The van der Waals surface area contributed by atoms with E-state index in [0.717, 1.165) is 38.2 Å². The van der Waals surface area contributed by atoms with Crippen LogP contribution < -0.4 is 17.0 Å². The summed E-state index contributed by atoms with van der Waals surface area (Å²) < 4.78 is 0. The minimum Gasteiger partial charge on any atom is -0.399 e. The molecule has 6 aromatic rings. The normalized spacial score (nSPS) is 11.4. The molecule has 0 aliphatic rings. The van der Waals surface area contributed by atoms with Crippen molar-refractivity contribution in [2.75, 3.05) is 11.5 Å². The number of nitrogen functional groups attached to an aromatic ring is 2. The highest BCUT2D eigenvalue weighted by Gasteiger charge is 2.20. The lowest BCUT2D eigenvalue weighted by atomic mass is 9.95. The molecule has 0 aliphatic heterocycles. The van der Waals surface area contributed by atoms with Gasteiger partial charge in [-0.1, -0.05) is 12.1 Å². The van der Waals surface area contributed by atoms with E-state index >= 15 is 0 Å². The van der Waals surface area contributed by atoms with Crippen LogP contribution in [0.15, 0.2) is 71.1 Å². The van der Waals surface area contributed by atoms with Crippen LogP contribution in [0.3, 0.4) is 0 Å². The van der Waals surface area contributed by atoms with E-state index in [2.05, 4.69) is 20.2 Å². The quantitative estimate of drug-likeness (QED) is 0.294. The van der Waals surface area contributed by atoms with Crippen LogP contribution in [0, 0.1) is 0 Å². The fourth-order valence-electron chi connectivity index (χ4n) is 4.07. The van der Waals surface area contributed by atoms with Gasteiger partial charge in [-0.05, 0) is 42.0 Å². The summed E-state index contributed by atoms with van der Waals surface area (Å²) in [5.41, 5.74) is 17.6. The van der Waals surface area contributed by atoms with Gasteiger partial charge in [-0.15, -0.1) is 11.3 Å². The van der Waals surface area contributed by atoms with Gasteiger partial charge in [0.05, 0.1) is 28.3 Å². The van der Waals surface area contributed by atoms with Gasteiger partial charge in [-0.3, -0.25) is 9.89 Å². The van der Waals surface area contributed by atoms with Crippen molar-refractivity contribution in [1.29, 1.82) is 0 Å². The Morgan fingerprint density at radius 3 is 2.61 bits per heavy atom. The second-order valence-electron chi connectivity index (χ2n) is 7.62. The number of fused-ring (bicyclic) bond motifs is 2. The molecule has 33 heavy (non-hydrogen) atoms. The number of thiazole rings is 1. The zero-order valence-electron chi connectivity index (χ0n) is 17.2. The van der Waals surface area contributed by atoms with Crippen molar-refractivity contribution in [3.63, 3.8) is 0 Å². The van der Waals surface area contributed by atoms with E-state index in [4.69, 9.17) is 16.5 Å². The number of anilines is 2. The molecule has 0 saturated carbocycles. The SMILES string of the molecule is Nc1ccc(-c2nc3c(-c4nccs4)cc(-c4cccc5[nH]ncc45)c(N)c3c(=O)[nH]2)cc1. The van der Waals surface area contributed by atoms with E-state index in [0.29, 0.717) is 28.1 Å². The Morgan fingerprint density at radius 2 is 1.82 bits per heavy atom. The maximum Gasteiger partial charge on any atom is 0.261 e. The highest BCUT2D eigenvalue weighted by atomic mass is 32.1. The molecule has 0 bridgehead atoms. The van der Waals surface area contributed by atoms with Gasteiger partial charge in [-0.25, -0.2) is 9.97 Å². The first kappa shape index (κ1) is 19.2. The van der Waals surface area contributed by atoms with Crippen LogP contribution in [0.1, 0.15) is 0 Å². The lowest BCUT2D eigenvalue weighted by Crippen LogP contribution is -2.13. The largest absolute Gasteiger partial charge is 0.399 e. The van der Waals surface area contributed by atoms with Gasteiger partial charge in [0.15, 0.2) is 0 Å². The van der Waals surface area contributed by atoms with Crippen molar-refractivity contribution in [2.45, 2.75) is 0 Å². The maximum atomic E-state index is 13.3. The smallest absolute Gasteiger partial charge is 0.261 e. The standard InChI is InChI=1S/C24H17N7OS/c25-13-6-4-12(5-7-13)22-29-21-16(24-27-8-9-33-24)10-15(20(26)19(21)23(32)30-22)14-2-1-3-18-17(14)11-28-31-18/h1-11H,25-26H2,(H,28,31)(H,29,30,32). The highest BCUT2D eigenvalue weighted by molar-refractivity contribution is 7.13. The van der Waals surface area contributed by atoms with Gasteiger partial charge in [0, 0.05) is 39.3 Å². The third-order valence-electron chi connectivity index (χ3n) is 5.64. The van der Waals surface area contributed by atoms with E-state index in [1.54, 1.807) is 24.5 Å². The molecule has 0 unspecified atom stereocenters. The molecular formula is C24H17N7OS. The molecule has 0 radical (unpaired) electrons. The second-order valence-corrected chi connectivity index (χ2v) is 8.51. The number of hydrogen-bond donors (Lipinski definition) is 4. The first-order valence-electron chi connectivity index (χ1n) is 10.1. The lowest BCUT2D eigenvalue weighted by Gasteiger charge is -2.14. The van der Waals surface area contributed by atoms with Gasteiger partial charge in [0.2, 0.25) is 0 Å². The van der Waals surface area contributed by atoms with Gasteiger partial charge < -0.3 is 16.5 Å². The van der Waals surface area contributed by atoms with Gasteiger partial charge >= 0.3 is 0 Å². The highest BCUT2D eigenvalue weighted by Crippen LogP contribution is 2.40. The minimum absolute atomic E-state index is 0.316. The molecule has 0 saturated heterocycles. The first-order valence-corrected chi connectivity index (χ1v) is 11.0. The van der Waals surface area contributed by atoms with Crippen LogP contribution in [0.5, 0.6) is 0 Å². The third kappa shape index (κ3) is 3.06. The Labute approximate surface area is 191 Å². The predicted octanol–water partition coefficient (Wildman–Crippen LogP) is 4.42. The Hall–Kier alpha value is -4.50. The number of aromatic amines is 2. The summed E-state index contributed by atoms with van der Waals surface area (Å²) in [5.74, 6) is 0.439. The van der Waals surface area contributed by atoms with Crippen molar-refractivity contribution in [1.82, 2.24) is 25.1 Å². The fraction of sp³-hybridized carbons (Fsp3) is 0. The summed E-state index contributed by atoms with van der Waals surface area (Å²) in [6, 6.07) is 15.0. The Morgan fingerprint density at radius 1 is 0.970 bits per heavy atom. The van der Waals surface area contributed by atoms with Crippen molar-refractivity contribution >= 4 is 44.5 Å². The van der Waals surface area contributed by atoms with E-state index in [-0.39, 0.29) is 5.56 Å². The van der Waals surface area contributed by atoms with Crippen molar-refractivity contribution in [3.8, 4) is 33.1 Å². The first-order chi connectivity index (χ1) is 16.1. The zero-order valence-corrected chi connectivity index (χ0v) is 18.0. The van der Waals surface area contributed by atoms with Crippen LogP contribution in [-0.2, 0) is 0 Å². The van der Waals surface area contributed by atoms with Gasteiger partial charge in [0.25, 0.3) is 5.56 Å². The summed E-state index contributed by atoms with van der Waals surface area (Å²) in [6.45, 7) is 0. The predicted molar refractivity (Wildman–Crippen MR) is 133 cm³/mol. The number of H-pyrrole nitrogens is 2. The van der Waals surface area contributed by atoms with Crippen molar-refractivity contribution in [2.24, 2.45) is 0 Å². The Balaban J connectivity index is 1.70. The molecule has 3 heterocycles. The molecule has 0 fully saturated rings.